The Hall–Kier alpha value is -3.52. The highest BCUT2D eigenvalue weighted by Gasteiger charge is 2.45. The molecule has 4 rings (SSSR count). The minimum atomic E-state index is -1.64. The summed E-state index contributed by atoms with van der Waals surface area (Å²) in [6.45, 7) is 0.413. The molecule has 2 aliphatic rings. The molecule has 0 radical (unpaired) electrons. The van der Waals surface area contributed by atoms with E-state index in [0.717, 1.165) is 0 Å². The van der Waals surface area contributed by atoms with E-state index in [0.29, 0.717) is 28.5 Å². The van der Waals surface area contributed by atoms with E-state index in [4.69, 9.17) is 23.7 Å². The number of hydrogen-bond acceptors (Lipinski definition) is 12. The van der Waals surface area contributed by atoms with E-state index >= 15 is 0 Å². The monoisotopic (exact) mass is 560 g/mol. The van der Waals surface area contributed by atoms with Crippen LogP contribution in [0, 0.1) is 5.92 Å². The van der Waals surface area contributed by atoms with Gasteiger partial charge in [0.05, 0.1) is 27.4 Å². The van der Waals surface area contributed by atoms with Gasteiger partial charge >= 0.3 is 5.97 Å². The highest BCUT2D eigenvalue weighted by atomic mass is 16.7. The van der Waals surface area contributed by atoms with Crippen molar-refractivity contribution in [2.45, 2.75) is 43.5 Å². The van der Waals surface area contributed by atoms with Crippen LogP contribution in [0.5, 0.6) is 23.0 Å². The van der Waals surface area contributed by atoms with Crippen LogP contribution in [0.1, 0.15) is 29.5 Å². The largest absolute Gasteiger partial charge is 0.504 e. The molecule has 216 valence electrons. The van der Waals surface area contributed by atoms with E-state index in [9.17, 15) is 35.1 Å². The lowest BCUT2D eigenvalue weighted by Gasteiger charge is -2.41. The van der Waals surface area contributed by atoms with Crippen molar-refractivity contribution >= 4 is 18.3 Å². The van der Waals surface area contributed by atoms with Crippen LogP contribution in [-0.2, 0) is 19.1 Å². The Balaban J connectivity index is 1.80. The minimum absolute atomic E-state index is 0.0992. The van der Waals surface area contributed by atoms with Gasteiger partial charge in [0.2, 0.25) is 0 Å². The van der Waals surface area contributed by atoms with Gasteiger partial charge in [-0.2, -0.15) is 0 Å². The first kappa shape index (κ1) is 29.5. The third-order valence-electron chi connectivity index (χ3n) is 7.10. The van der Waals surface area contributed by atoms with E-state index in [1.165, 1.54) is 27.2 Å². The van der Waals surface area contributed by atoms with Crippen LogP contribution in [0.2, 0.25) is 0 Å². The summed E-state index contributed by atoms with van der Waals surface area (Å²) in [5, 5.41) is 50.4. The first-order chi connectivity index (χ1) is 19.1. The number of ether oxygens (including phenoxy) is 5. The molecule has 5 N–H and O–H groups in total. The molecule has 12 nitrogen and oxygen atoms in total. The molecule has 2 aromatic carbocycles. The van der Waals surface area contributed by atoms with Crippen LogP contribution >= 0.6 is 0 Å². The van der Waals surface area contributed by atoms with Crippen LogP contribution in [0.3, 0.4) is 0 Å². The maximum atomic E-state index is 12.3. The maximum absolute atomic E-state index is 12.3. The molecular weight excluding hydrogens is 528 g/mol. The first-order valence-electron chi connectivity index (χ1n) is 12.5. The number of methoxy groups -OCH3 is 2. The molecule has 0 bridgehead atoms. The van der Waals surface area contributed by atoms with Crippen LogP contribution in [0.15, 0.2) is 35.9 Å². The number of carbonyl (C=O) groups is 2. The zero-order chi connectivity index (χ0) is 29.1. The third kappa shape index (κ3) is 5.68. The van der Waals surface area contributed by atoms with Gasteiger partial charge < -0.3 is 49.2 Å². The molecule has 2 unspecified atom stereocenters. The fourth-order valence-corrected chi connectivity index (χ4v) is 5.09. The number of phenolic OH excluding ortho intramolecular Hbond substituents is 1. The van der Waals surface area contributed by atoms with Gasteiger partial charge in [0.25, 0.3) is 0 Å². The molecule has 12 heteroatoms. The smallest absolute Gasteiger partial charge is 0.308 e. The molecule has 0 spiro atoms. The molecule has 1 aliphatic carbocycles. The van der Waals surface area contributed by atoms with E-state index < -0.39 is 55.1 Å². The molecular formula is C28H32O12. The number of carbonyl (C=O) groups excluding carboxylic acids is 2. The van der Waals surface area contributed by atoms with Gasteiger partial charge in [0.15, 0.2) is 29.3 Å². The molecule has 2 aromatic rings. The minimum Gasteiger partial charge on any atom is -0.504 e. The van der Waals surface area contributed by atoms with Gasteiger partial charge in [-0.3, -0.25) is 9.59 Å². The molecule has 0 aromatic heterocycles. The molecule has 1 aliphatic heterocycles. The number of benzene rings is 2. The van der Waals surface area contributed by atoms with E-state index in [1.54, 1.807) is 30.3 Å². The maximum Gasteiger partial charge on any atom is 0.308 e. The molecule has 7 atom stereocenters. The van der Waals surface area contributed by atoms with Crippen molar-refractivity contribution in [1.29, 1.82) is 0 Å². The molecule has 0 saturated carbocycles. The summed E-state index contributed by atoms with van der Waals surface area (Å²) in [7, 11) is 2.81. The Labute approximate surface area is 229 Å². The van der Waals surface area contributed by atoms with Crippen molar-refractivity contribution in [2.75, 3.05) is 27.4 Å². The van der Waals surface area contributed by atoms with Gasteiger partial charge in [-0.05, 0) is 52.6 Å². The average molecular weight is 561 g/mol. The number of aliphatic hydroxyl groups excluding tert-OH is 4. The summed E-state index contributed by atoms with van der Waals surface area (Å²) >= 11 is 0. The zero-order valence-electron chi connectivity index (χ0n) is 22.1. The van der Waals surface area contributed by atoms with Crippen molar-refractivity contribution in [3.8, 4) is 23.0 Å². The van der Waals surface area contributed by atoms with Crippen molar-refractivity contribution in [3.63, 3.8) is 0 Å². The SMILES string of the molecule is COc1cc([C@H]2c3cc(OC(C)=O)c(OC)cc3C=C(C=O)[C@@H]2CO[C@@H]2O[C@H](CO)C(O)[C@H](O)C2O)ccc1O. The number of fused-ring (bicyclic) bond motifs is 1. The summed E-state index contributed by atoms with van der Waals surface area (Å²) in [5.74, 6) is -1.38. The second kappa shape index (κ2) is 12.3. The average Bonchev–Trinajstić information content (AvgIpc) is 2.94. The Bertz CT molecular complexity index is 1270. The number of phenols is 1. The predicted molar refractivity (Wildman–Crippen MR) is 138 cm³/mol. The number of aldehydes is 1. The van der Waals surface area contributed by atoms with Crippen molar-refractivity contribution in [1.82, 2.24) is 0 Å². The fourth-order valence-electron chi connectivity index (χ4n) is 5.09. The van der Waals surface area contributed by atoms with Gasteiger partial charge in [0, 0.05) is 18.8 Å². The standard InChI is InChI=1S/C28H32O12/c1-13(31)39-22-9-17-15(8-21(22)37-3)6-16(10-29)18(24(17)14-4-5-19(32)20(7-14)36-2)12-38-28-27(35)26(34)25(33)23(11-30)40-28/h4-10,18,23-28,30,32-35H,11-12H2,1-3H3/t18-,23+,24-,25?,26-,27?,28+/m0/s1. The van der Waals surface area contributed by atoms with Gasteiger partial charge in [-0.25, -0.2) is 0 Å². The zero-order valence-corrected chi connectivity index (χ0v) is 22.1. The Morgan fingerprint density at radius 3 is 2.35 bits per heavy atom. The highest BCUT2D eigenvalue weighted by Crippen LogP contribution is 2.47. The lowest BCUT2D eigenvalue weighted by Crippen LogP contribution is -2.59. The fraction of sp³-hybridized carbons (Fsp3) is 0.429. The van der Waals surface area contributed by atoms with Crippen LogP contribution in [0.25, 0.3) is 6.08 Å². The summed E-state index contributed by atoms with van der Waals surface area (Å²) in [6, 6.07) is 7.96. The quantitative estimate of drug-likeness (QED) is 0.163. The first-order valence-corrected chi connectivity index (χ1v) is 12.5. The Kier molecular flexibility index (Phi) is 9.08. The van der Waals surface area contributed by atoms with Gasteiger partial charge in [-0.15, -0.1) is 0 Å². The van der Waals surface area contributed by atoms with E-state index in [2.05, 4.69) is 0 Å². The summed E-state index contributed by atoms with van der Waals surface area (Å²) in [6.07, 6.45) is -5.12. The number of aliphatic hydroxyl groups is 4. The number of aromatic hydroxyl groups is 1. The molecule has 1 heterocycles. The lowest BCUT2D eigenvalue weighted by atomic mass is 9.72. The van der Waals surface area contributed by atoms with Crippen LogP contribution in [0.4, 0.5) is 0 Å². The number of hydrogen-bond donors (Lipinski definition) is 5. The number of rotatable bonds is 9. The second-order valence-corrected chi connectivity index (χ2v) is 9.53. The van der Waals surface area contributed by atoms with E-state index in [-0.39, 0.29) is 29.6 Å². The molecule has 0 amide bonds. The summed E-state index contributed by atoms with van der Waals surface area (Å²) in [5.41, 5.74) is 2.18. The normalized spacial score (nSPS) is 27.8. The van der Waals surface area contributed by atoms with E-state index in [1.807, 2.05) is 0 Å². The van der Waals surface area contributed by atoms with Crippen molar-refractivity contribution in [2.24, 2.45) is 5.92 Å². The third-order valence-corrected chi connectivity index (χ3v) is 7.10. The van der Waals surface area contributed by atoms with Crippen LogP contribution < -0.4 is 14.2 Å². The lowest BCUT2D eigenvalue weighted by molar-refractivity contribution is -0.302. The van der Waals surface area contributed by atoms with Crippen molar-refractivity contribution < 1.29 is 58.8 Å². The molecule has 40 heavy (non-hydrogen) atoms. The number of esters is 1. The summed E-state index contributed by atoms with van der Waals surface area (Å²) < 4.78 is 27.4. The molecule has 1 fully saturated rings. The summed E-state index contributed by atoms with van der Waals surface area (Å²) in [4.78, 5) is 24.1. The Morgan fingerprint density at radius 2 is 1.73 bits per heavy atom. The van der Waals surface area contributed by atoms with Crippen molar-refractivity contribution in [3.05, 3.63) is 52.6 Å². The Morgan fingerprint density at radius 1 is 1.00 bits per heavy atom. The topological polar surface area (TPSA) is 181 Å². The van der Waals surface area contributed by atoms with Crippen LogP contribution in [-0.4, -0.2) is 95.9 Å². The van der Waals surface area contributed by atoms with Gasteiger partial charge in [-0.1, -0.05) is 6.07 Å². The predicted octanol–water partition coefficient (Wildman–Crippen LogP) is 0.495. The highest BCUT2D eigenvalue weighted by molar-refractivity contribution is 5.86. The second-order valence-electron chi connectivity index (χ2n) is 9.53. The molecule has 1 saturated heterocycles. The van der Waals surface area contributed by atoms with Gasteiger partial charge in [0.1, 0.15) is 30.7 Å².